The first kappa shape index (κ1) is 17.5. The lowest BCUT2D eigenvalue weighted by Gasteiger charge is -2.28. The molecule has 0 radical (unpaired) electrons. The number of hydrogen-bond donors (Lipinski definition) is 2. The van der Waals surface area contributed by atoms with Gasteiger partial charge in [-0.25, -0.2) is 4.99 Å². The molecule has 30 heavy (non-hydrogen) atoms. The second-order valence-corrected chi connectivity index (χ2v) is 7.87. The van der Waals surface area contributed by atoms with Crippen molar-refractivity contribution >= 4 is 50.1 Å². The van der Waals surface area contributed by atoms with Crippen LogP contribution in [0, 0.1) is 0 Å². The van der Waals surface area contributed by atoms with Crippen LogP contribution in [0.15, 0.2) is 94.3 Å². The maximum absolute atomic E-state index is 6.54. The molecule has 0 saturated carbocycles. The smallest absolute Gasteiger partial charge is 0.158 e. The first-order chi connectivity index (χ1) is 14.8. The van der Waals surface area contributed by atoms with Crippen LogP contribution in [-0.2, 0) is 0 Å². The summed E-state index contributed by atoms with van der Waals surface area (Å²) in [5.74, 6) is 0.754. The molecular weight excluding hydrogens is 394 g/mol. The monoisotopic (exact) mass is 411 g/mol. The van der Waals surface area contributed by atoms with Gasteiger partial charge in [0.05, 0.1) is 0 Å². The third-order valence-corrected chi connectivity index (χ3v) is 5.81. The summed E-state index contributed by atoms with van der Waals surface area (Å²) in [5.41, 5.74) is 3.31. The van der Waals surface area contributed by atoms with Crippen molar-refractivity contribution < 1.29 is 4.42 Å². The molecule has 0 fully saturated rings. The van der Waals surface area contributed by atoms with Crippen LogP contribution in [0.4, 0.5) is 0 Å². The molecule has 0 aliphatic carbocycles. The quantitative estimate of drug-likeness (QED) is 0.281. The van der Waals surface area contributed by atoms with Crippen molar-refractivity contribution in [1.82, 2.24) is 10.6 Å². The topological polar surface area (TPSA) is 49.6 Å². The largest absolute Gasteiger partial charge is 0.456 e. The van der Waals surface area contributed by atoms with Gasteiger partial charge in [-0.3, -0.25) is 5.32 Å². The second-order valence-electron chi connectivity index (χ2n) is 7.44. The summed E-state index contributed by atoms with van der Waals surface area (Å²) in [7, 11) is 0. The molecule has 5 aromatic rings. The van der Waals surface area contributed by atoms with Gasteiger partial charge in [0.1, 0.15) is 23.2 Å². The van der Waals surface area contributed by atoms with Gasteiger partial charge in [0.25, 0.3) is 0 Å². The van der Waals surface area contributed by atoms with Crippen molar-refractivity contribution in [3.63, 3.8) is 0 Å². The Morgan fingerprint density at radius 1 is 0.800 bits per heavy atom. The highest BCUT2D eigenvalue weighted by molar-refractivity contribution is 6.24. The Balaban J connectivity index is 1.51. The van der Waals surface area contributed by atoms with Gasteiger partial charge in [-0.15, -0.1) is 0 Å². The lowest BCUT2D eigenvalue weighted by molar-refractivity contribution is 0.483. The first-order valence-electron chi connectivity index (χ1n) is 9.90. The number of nitrogens with one attached hydrogen (secondary N) is 2. The van der Waals surface area contributed by atoms with Crippen LogP contribution in [0.5, 0.6) is 0 Å². The fourth-order valence-electron chi connectivity index (χ4n) is 4.17. The highest BCUT2D eigenvalue weighted by Gasteiger charge is 2.24. The summed E-state index contributed by atoms with van der Waals surface area (Å²) in [4.78, 5) is 4.98. The number of para-hydroxylation sites is 1. The predicted molar refractivity (Wildman–Crippen MR) is 123 cm³/mol. The zero-order chi connectivity index (χ0) is 20.1. The molecule has 0 bridgehead atoms. The third-order valence-electron chi connectivity index (χ3n) is 5.57. The minimum atomic E-state index is -0.442. The van der Waals surface area contributed by atoms with Crippen molar-refractivity contribution in [3.05, 3.63) is 96.1 Å². The summed E-state index contributed by atoms with van der Waals surface area (Å²) < 4.78 is 6.04. The lowest BCUT2D eigenvalue weighted by atomic mass is 10.0. The van der Waals surface area contributed by atoms with Crippen molar-refractivity contribution in [3.8, 4) is 0 Å². The van der Waals surface area contributed by atoms with Gasteiger partial charge in [-0.05, 0) is 34.5 Å². The lowest BCUT2D eigenvalue weighted by Crippen LogP contribution is -2.47. The van der Waals surface area contributed by atoms with Crippen LogP contribution in [0.3, 0.4) is 0 Å². The zero-order valence-electron chi connectivity index (χ0n) is 16.0. The Morgan fingerprint density at radius 3 is 2.53 bits per heavy atom. The molecule has 1 aliphatic heterocycles. The zero-order valence-corrected chi connectivity index (χ0v) is 16.7. The van der Waals surface area contributed by atoms with Crippen molar-refractivity contribution in [2.45, 2.75) is 11.8 Å². The number of aliphatic imine (C=N–C) groups is 1. The fourth-order valence-corrected chi connectivity index (χ4v) is 4.39. The van der Waals surface area contributed by atoms with E-state index in [4.69, 9.17) is 21.0 Å². The van der Waals surface area contributed by atoms with Crippen molar-refractivity contribution in [2.24, 2.45) is 4.99 Å². The van der Waals surface area contributed by atoms with Crippen molar-refractivity contribution in [2.75, 3.05) is 0 Å². The van der Waals surface area contributed by atoms with E-state index in [1.165, 1.54) is 10.8 Å². The number of halogens is 1. The standard InChI is InChI=1S/C25H18ClN3O/c26-25-28-23(17-13-12-15-6-1-2-7-16(15)14-17)27-24(29-25)19-9-5-11-21-22(19)18-8-3-4-10-20(18)30-21/h1-14,23,25,28H,(H,27,29). The summed E-state index contributed by atoms with van der Waals surface area (Å²) in [6.07, 6.45) is -0.248. The summed E-state index contributed by atoms with van der Waals surface area (Å²) in [6.45, 7) is 0. The molecule has 2 heterocycles. The molecule has 1 aliphatic rings. The van der Waals surface area contributed by atoms with E-state index in [9.17, 15) is 0 Å². The maximum atomic E-state index is 6.54. The average Bonchev–Trinajstić information content (AvgIpc) is 3.17. The maximum Gasteiger partial charge on any atom is 0.158 e. The van der Waals surface area contributed by atoms with E-state index in [1.807, 2.05) is 42.5 Å². The molecule has 2 atom stereocenters. The molecule has 2 N–H and O–H groups in total. The highest BCUT2D eigenvalue weighted by Crippen LogP contribution is 2.32. The Labute approximate surface area is 178 Å². The van der Waals surface area contributed by atoms with Crippen LogP contribution in [0.2, 0.25) is 0 Å². The number of furan rings is 1. The number of fused-ring (bicyclic) bond motifs is 4. The molecule has 2 unspecified atom stereocenters. The van der Waals surface area contributed by atoms with Crippen LogP contribution in [-0.4, -0.2) is 11.5 Å². The minimum absolute atomic E-state index is 0.248. The number of rotatable bonds is 2. The van der Waals surface area contributed by atoms with E-state index in [0.717, 1.165) is 38.9 Å². The first-order valence-corrected chi connectivity index (χ1v) is 10.3. The Kier molecular flexibility index (Phi) is 4.01. The van der Waals surface area contributed by atoms with E-state index >= 15 is 0 Å². The number of nitrogens with zero attached hydrogens (tertiary/aromatic N) is 1. The van der Waals surface area contributed by atoms with Crippen LogP contribution >= 0.6 is 11.6 Å². The molecule has 0 saturated heterocycles. The molecule has 5 heteroatoms. The van der Waals surface area contributed by atoms with E-state index in [2.05, 4.69) is 53.1 Å². The van der Waals surface area contributed by atoms with Gasteiger partial charge in [0, 0.05) is 16.3 Å². The summed E-state index contributed by atoms with van der Waals surface area (Å²) in [5, 5.41) is 11.1. The second kappa shape index (κ2) is 6.87. The molecule has 6 rings (SSSR count). The van der Waals surface area contributed by atoms with Gasteiger partial charge >= 0.3 is 0 Å². The number of hydrogen-bond acceptors (Lipinski definition) is 4. The number of benzene rings is 4. The molecule has 4 nitrogen and oxygen atoms in total. The molecule has 1 aromatic heterocycles. The fraction of sp³-hybridized carbons (Fsp3) is 0.0800. The third kappa shape index (κ3) is 2.84. The van der Waals surface area contributed by atoms with Crippen LogP contribution in [0.25, 0.3) is 32.7 Å². The Bertz CT molecular complexity index is 1440. The molecule has 0 amide bonds. The van der Waals surface area contributed by atoms with E-state index in [0.29, 0.717) is 0 Å². The number of amidine groups is 1. The van der Waals surface area contributed by atoms with Crippen LogP contribution in [0.1, 0.15) is 17.3 Å². The minimum Gasteiger partial charge on any atom is -0.456 e. The highest BCUT2D eigenvalue weighted by atomic mass is 35.5. The van der Waals surface area contributed by atoms with Gasteiger partial charge < -0.3 is 9.73 Å². The van der Waals surface area contributed by atoms with Crippen LogP contribution < -0.4 is 10.6 Å². The van der Waals surface area contributed by atoms with Gasteiger partial charge in [0.15, 0.2) is 5.62 Å². The van der Waals surface area contributed by atoms with Gasteiger partial charge in [-0.1, -0.05) is 78.3 Å². The number of alkyl halides is 1. The van der Waals surface area contributed by atoms with Gasteiger partial charge in [0.2, 0.25) is 0 Å². The Hall–Kier alpha value is -3.34. The molecular formula is C25H18ClN3O. The van der Waals surface area contributed by atoms with E-state index in [1.54, 1.807) is 0 Å². The molecule has 146 valence electrons. The average molecular weight is 412 g/mol. The SMILES string of the molecule is ClC1NC(c2cccc3oc4ccccc4c23)=NC(c2ccc3ccccc3c2)N1. The molecule has 0 spiro atoms. The van der Waals surface area contributed by atoms with Crippen molar-refractivity contribution in [1.29, 1.82) is 0 Å². The van der Waals surface area contributed by atoms with E-state index < -0.39 is 5.62 Å². The summed E-state index contributed by atoms with van der Waals surface area (Å²) in [6, 6.07) is 28.8. The normalized spacial score (nSPS) is 19.2. The van der Waals surface area contributed by atoms with Gasteiger partial charge in [-0.2, -0.15) is 0 Å². The predicted octanol–water partition coefficient (Wildman–Crippen LogP) is 5.90. The molecule has 4 aromatic carbocycles. The Morgan fingerprint density at radius 2 is 1.60 bits per heavy atom. The summed E-state index contributed by atoms with van der Waals surface area (Å²) >= 11 is 6.54. The van der Waals surface area contributed by atoms with E-state index in [-0.39, 0.29) is 6.17 Å².